The number of carbonyl (C=O) groups is 1. The molecule has 104 valence electrons. The number of hydrogen-bond acceptors (Lipinski definition) is 3. The fraction of sp³-hybridized carbons (Fsp3) is 0.235. The van der Waals surface area contributed by atoms with Gasteiger partial charge in [0.15, 0.2) is 5.78 Å². The Morgan fingerprint density at radius 2 is 1.75 bits per heavy atom. The lowest BCUT2D eigenvalue weighted by Crippen LogP contribution is -2.13. The van der Waals surface area contributed by atoms with Crippen LogP contribution in [0.5, 0.6) is 5.75 Å². The highest BCUT2D eigenvalue weighted by Gasteiger charge is 2.17. The molecule has 0 radical (unpaired) electrons. The predicted octanol–water partition coefficient (Wildman–Crippen LogP) is 4.37. The zero-order valence-corrected chi connectivity index (χ0v) is 12.7. The van der Waals surface area contributed by atoms with Crippen molar-refractivity contribution in [2.24, 2.45) is 0 Å². The fourth-order valence-corrected chi connectivity index (χ4v) is 2.96. The van der Waals surface area contributed by atoms with Crippen LogP contribution < -0.4 is 4.74 Å². The Labute approximate surface area is 124 Å². The Hall–Kier alpha value is -1.74. The van der Waals surface area contributed by atoms with Crippen LogP contribution in [0.25, 0.3) is 0 Å². The van der Waals surface area contributed by atoms with Gasteiger partial charge in [0.05, 0.1) is 17.3 Å². The Morgan fingerprint density at radius 3 is 2.40 bits per heavy atom. The highest BCUT2D eigenvalue weighted by atomic mass is 32.2. The molecular weight excluding hydrogens is 268 g/mol. The summed E-state index contributed by atoms with van der Waals surface area (Å²) in [5, 5.41) is -0.144. The van der Waals surface area contributed by atoms with Crippen molar-refractivity contribution in [1.29, 1.82) is 0 Å². The van der Waals surface area contributed by atoms with E-state index in [0.717, 1.165) is 21.8 Å². The first-order chi connectivity index (χ1) is 9.61. The number of hydrogen-bond donors (Lipinski definition) is 0. The van der Waals surface area contributed by atoms with Crippen molar-refractivity contribution >= 4 is 17.5 Å². The number of para-hydroxylation sites is 1. The molecule has 0 aliphatic heterocycles. The number of thioether (sulfide) groups is 1. The highest BCUT2D eigenvalue weighted by molar-refractivity contribution is 8.00. The van der Waals surface area contributed by atoms with Gasteiger partial charge < -0.3 is 4.74 Å². The van der Waals surface area contributed by atoms with E-state index in [-0.39, 0.29) is 11.0 Å². The lowest BCUT2D eigenvalue weighted by molar-refractivity contribution is 0.0994. The van der Waals surface area contributed by atoms with E-state index in [1.165, 1.54) is 11.8 Å². The van der Waals surface area contributed by atoms with E-state index < -0.39 is 0 Å². The molecule has 0 amide bonds. The molecule has 0 aromatic heterocycles. The van der Waals surface area contributed by atoms with Crippen LogP contribution in [0.1, 0.15) is 22.8 Å². The lowest BCUT2D eigenvalue weighted by atomic mass is 10.1. The normalized spacial score (nSPS) is 11.9. The van der Waals surface area contributed by atoms with Gasteiger partial charge in [-0.2, -0.15) is 0 Å². The number of carbonyl (C=O) groups excluding carboxylic acids is 1. The highest BCUT2D eigenvalue weighted by Crippen LogP contribution is 2.33. The van der Waals surface area contributed by atoms with E-state index >= 15 is 0 Å². The van der Waals surface area contributed by atoms with Gasteiger partial charge in [0.25, 0.3) is 0 Å². The number of rotatable bonds is 5. The third-order valence-electron chi connectivity index (χ3n) is 3.08. The van der Waals surface area contributed by atoms with Crippen molar-refractivity contribution in [3.05, 3.63) is 59.7 Å². The zero-order valence-electron chi connectivity index (χ0n) is 11.9. The molecule has 1 atom stereocenters. The van der Waals surface area contributed by atoms with Crippen LogP contribution in [0.3, 0.4) is 0 Å². The molecule has 2 nitrogen and oxygen atoms in total. The predicted molar refractivity (Wildman–Crippen MR) is 83.8 cm³/mol. The van der Waals surface area contributed by atoms with E-state index in [1.54, 1.807) is 7.11 Å². The van der Waals surface area contributed by atoms with Crippen LogP contribution in [-0.4, -0.2) is 18.1 Å². The van der Waals surface area contributed by atoms with E-state index in [1.807, 2.05) is 62.4 Å². The smallest absolute Gasteiger partial charge is 0.175 e. The van der Waals surface area contributed by atoms with Crippen LogP contribution >= 0.6 is 11.8 Å². The molecule has 0 aliphatic carbocycles. The number of aryl methyl sites for hydroxylation is 1. The van der Waals surface area contributed by atoms with Crippen LogP contribution in [-0.2, 0) is 0 Å². The summed E-state index contributed by atoms with van der Waals surface area (Å²) < 4.78 is 5.32. The molecule has 3 heteroatoms. The SMILES string of the molecule is COc1ccccc1SC(C)C(=O)c1ccc(C)cc1. The van der Waals surface area contributed by atoms with E-state index in [0.29, 0.717) is 0 Å². The average Bonchev–Trinajstić information content (AvgIpc) is 2.48. The fourth-order valence-electron chi connectivity index (χ4n) is 1.91. The first-order valence-corrected chi connectivity index (χ1v) is 7.40. The number of Topliss-reactive ketones (excluding diaryl/α,β-unsaturated/α-hetero) is 1. The van der Waals surface area contributed by atoms with Crippen molar-refractivity contribution in [3.63, 3.8) is 0 Å². The molecule has 20 heavy (non-hydrogen) atoms. The molecular formula is C17H18O2S. The van der Waals surface area contributed by atoms with Gasteiger partial charge >= 0.3 is 0 Å². The molecule has 0 bridgehead atoms. The molecule has 2 rings (SSSR count). The summed E-state index contributed by atoms with van der Waals surface area (Å²) in [4.78, 5) is 13.4. The summed E-state index contributed by atoms with van der Waals surface area (Å²) in [6.07, 6.45) is 0. The van der Waals surface area contributed by atoms with Crippen molar-refractivity contribution in [3.8, 4) is 5.75 Å². The van der Waals surface area contributed by atoms with Crippen LogP contribution in [0, 0.1) is 6.92 Å². The third kappa shape index (κ3) is 3.42. The minimum absolute atomic E-state index is 0.140. The lowest BCUT2D eigenvalue weighted by Gasteiger charge is -2.13. The molecule has 0 aliphatic rings. The second kappa shape index (κ2) is 6.62. The number of ether oxygens (including phenoxy) is 1. The van der Waals surface area contributed by atoms with Gasteiger partial charge in [-0.25, -0.2) is 0 Å². The second-order valence-electron chi connectivity index (χ2n) is 4.64. The minimum atomic E-state index is -0.144. The topological polar surface area (TPSA) is 26.3 Å². The maximum atomic E-state index is 12.4. The second-order valence-corrected chi connectivity index (χ2v) is 6.02. The Bertz CT molecular complexity index is 590. The summed E-state index contributed by atoms with van der Waals surface area (Å²) in [6.45, 7) is 3.95. The van der Waals surface area contributed by atoms with Gasteiger partial charge in [-0.05, 0) is 26.0 Å². The van der Waals surface area contributed by atoms with Crippen LogP contribution in [0.15, 0.2) is 53.4 Å². The van der Waals surface area contributed by atoms with Crippen molar-refractivity contribution < 1.29 is 9.53 Å². The van der Waals surface area contributed by atoms with Crippen LogP contribution in [0.2, 0.25) is 0 Å². The standard InChI is InChI=1S/C17H18O2S/c1-12-8-10-14(11-9-12)17(18)13(2)20-16-7-5-4-6-15(16)19-3/h4-11,13H,1-3H3. The maximum Gasteiger partial charge on any atom is 0.175 e. The average molecular weight is 286 g/mol. The molecule has 0 heterocycles. The Morgan fingerprint density at radius 1 is 1.10 bits per heavy atom. The third-order valence-corrected chi connectivity index (χ3v) is 4.24. The first-order valence-electron chi connectivity index (χ1n) is 6.52. The minimum Gasteiger partial charge on any atom is -0.496 e. The van der Waals surface area contributed by atoms with E-state index in [9.17, 15) is 4.79 Å². The first kappa shape index (κ1) is 14.7. The summed E-state index contributed by atoms with van der Waals surface area (Å²) in [7, 11) is 1.64. The molecule has 0 fully saturated rings. The van der Waals surface area contributed by atoms with E-state index in [2.05, 4.69) is 0 Å². The van der Waals surface area contributed by atoms with Gasteiger partial charge in [-0.3, -0.25) is 4.79 Å². The van der Waals surface area contributed by atoms with Gasteiger partial charge in [-0.1, -0.05) is 42.0 Å². The number of methoxy groups -OCH3 is 1. The summed E-state index contributed by atoms with van der Waals surface area (Å²) in [6, 6.07) is 15.5. The molecule has 1 unspecified atom stereocenters. The zero-order chi connectivity index (χ0) is 14.5. The van der Waals surface area contributed by atoms with E-state index in [4.69, 9.17) is 4.74 Å². The van der Waals surface area contributed by atoms with Crippen LogP contribution in [0.4, 0.5) is 0 Å². The van der Waals surface area contributed by atoms with Crippen molar-refractivity contribution in [2.45, 2.75) is 24.0 Å². The number of ketones is 1. The maximum absolute atomic E-state index is 12.4. The monoisotopic (exact) mass is 286 g/mol. The van der Waals surface area contributed by atoms with Crippen molar-refractivity contribution in [2.75, 3.05) is 7.11 Å². The summed E-state index contributed by atoms with van der Waals surface area (Å²) in [5.41, 5.74) is 1.91. The quantitative estimate of drug-likeness (QED) is 0.603. The molecule has 0 N–H and O–H groups in total. The molecule has 2 aromatic carbocycles. The molecule has 0 spiro atoms. The van der Waals surface area contributed by atoms with Gasteiger partial charge in [-0.15, -0.1) is 11.8 Å². The molecule has 2 aromatic rings. The van der Waals surface area contributed by atoms with Gasteiger partial charge in [0.1, 0.15) is 5.75 Å². The number of benzene rings is 2. The Balaban J connectivity index is 2.13. The van der Waals surface area contributed by atoms with Gasteiger partial charge in [0, 0.05) is 5.56 Å². The summed E-state index contributed by atoms with van der Waals surface area (Å²) in [5.74, 6) is 0.946. The summed E-state index contributed by atoms with van der Waals surface area (Å²) >= 11 is 1.53. The molecule has 0 saturated heterocycles. The Kier molecular flexibility index (Phi) is 4.85. The van der Waals surface area contributed by atoms with Crippen molar-refractivity contribution in [1.82, 2.24) is 0 Å². The largest absolute Gasteiger partial charge is 0.496 e. The van der Waals surface area contributed by atoms with Gasteiger partial charge in [0.2, 0.25) is 0 Å². The molecule has 0 saturated carbocycles.